The van der Waals surface area contributed by atoms with Crippen molar-refractivity contribution in [1.82, 2.24) is 5.73 Å². The van der Waals surface area contributed by atoms with Gasteiger partial charge in [-0.3, -0.25) is 5.73 Å². The van der Waals surface area contributed by atoms with E-state index in [9.17, 15) is 0 Å². The molecule has 0 aromatic heterocycles. The van der Waals surface area contributed by atoms with E-state index in [2.05, 4.69) is 6.92 Å². The van der Waals surface area contributed by atoms with Crippen LogP contribution in [0.4, 0.5) is 0 Å². The van der Waals surface area contributed by atoms with Gasteiger partial charge in [-0.2, -0.15) is 0 Å². The molecule has 1 saturated carbocycles. The van der Waals surface area contributed by atoms with Gasteiger partial charge in [-0.15, -0.1) is 0 Å². The van der Waals surface area contributed by atoms with Gasteiger partial charge in [-0.25, -0.2) is 0 Å². The molecular formula is C9H18N. The van der Waals surface area contributed by atoms with Crippen LogP contribution < -0.4 is 5.73 Å². The van der Waals surface area contributed by atoms with Gasteiger partial charge in [0.05, 0.1) is 0 Å². The van der Waals surface area contributed by atoms with Crippen molar-refractivity contribution in [1.29, 1.82) is 0 Å². The van der Waals surface area contributed by atoms with E-state index >= 15 is 0 Å². The second-order valence-corrected chi connectivity index (χ2v) is 3.48. The lowest BCUT2D eigenvalue weighted by molar-refractivity contribution is 0.523. The van der Waals surface area contributed by atoms with Crippen LogP contribution >= 0.6 is 0 Å². The van der Waals surface area contributed by atoms with Crippen molar-refractivity contribution in [3.8, 4) is 0 Å². The molecule has 0 aliphatic heterocycles. The summed E-state index contributed by atoms with van der Waals surface area (Å²) in [6.07, 6.45) is 7.79. The molecule has 0 saturated heterocycles. The van der Waals surface area contributed by atoms with E-state index in [0.717, 1.165) is 18.8 Å². The molecule has 0 bridgehead atoms. The highest BCUT2D eigenvalue weighted by Gasteiger charge is 2.20. The molecule has 0 aromatic carbocycles. The van der Waals surface area contributed by atoms with Crippen molar-refractivity contribution >= 4 is 0 Å². The van der Waals surface area contributed by atoms with Gasteiger partial charge in [0.1, 0.15) is 0 Å². The molecular weight excluding hydrogens is 122 g/mol. The van der Waals surface area contributed by atoms with Crippen molar-refractivity contribution in [2.24, 2.45) is 5.92 Å². The normalized spacial score (nSPS) is 21.0. The average molecular weight is 140 g/mol. The van der Waals surface area contributed by atoms with Crippen LogP contribution in [-0.4, -0.2) is 6.04 Å². The zero-order valence-corrected chi connectivity index (χ0v) is 6.90. The van der Waals surface area contributed by atoms with E-state index in [1.165, 1.54) is 25.7 Å². The first-order valence-corrected chi connectivity index (χ1v) is 4.54. The fraction of sp³-hybridized carbons (Fsp3) is 1.00. The molecule has 1 radical (unpaired) electrons. The molecule has 59 valence electrons. The van der Waals surface area contributed by atoms with Gasteiger partial charge in [-0.1, -0.05) is 32.6 Å². The van der Waals surface area contributed by atoms with Gasteiger partial charge in [0.25, 0.3) is 0 Å². The van der Waals surface area contributed by atoms with Crippen LogP contribution in [0.3, 0.4) is 0 Å². The van der Waals surface area contributed by atoms with Gasteiger partial charge in [0, 0.05) is 6.04 Å². The van der Waals surface area contributed by atoms with Crippen LogP contribution in [-0.2, 0) is 0 Å². The van der Waals surface area contributed by atoms with E-state index in [-0.39, 0.29) is 6.04 Å². The lowest BCUT2D eigenvalue weighted by Crippen LogP contribution is -2.06. The fourth-order valence-electron chi connectivity index (χ4n) is 1.26. The summed E-state index contributed by atoms with van der Waals surface area (Å²) in [5.41, 5.74) is 7.49. The summed E-state index contributed by atoms with van der Waals surface area (Å²) in [5.74, 6) is 1.06. The van der Waals surface area contributed by atoms with E-state index in [4.69, 9.17) is 5.73 Å². The molecule has 0 aromatic rings. The minimum atomic E-state index is 0.221. The maximum absolute atomic E-state index is 7.49. The van der Waals surface area contributed by atoms with Crippen LogP contribution in [0, 0.1) is 5.92 Å². The molecule has 1 fully saturated rings. The largest absolute Gasteiger partial charge is 0.255 e. The quantitative estimate of drug-likeness (QED) is 0.560. The van der Waals surface area contributed by atoms with E-state index in [0.29, 0.717) is 0 Å². The Morgan fingerprint density at radius 3 is 2.70 bits per heavy atom. The Morgan fingerprint density at radius 2 is 2.20 bits per heavy atom. The number of hydrogen-bond acceptors (Lipinski definition) is 0. The summed E-state index contributed by atoms with van der Waals surface area (Å²) in [4.78, 5) is 0. The minimum Gasteiger partial charge on any atom is -0.255 e. The van der Waals surface area contributed by atoms with Crippen molar-refractivity contribution in [2.45, 2.75) is 51.5 Å². The smallest absolute Gasteiger partial charge is 0.0210 e. The summed E-state index contributed by atoms with van der Waals surface area (Å²) in [6.45, 7) is 2.11. The van der Waals surface area contributed by atoms with Crippen LogP contribution in [0.1, 0.15) is 45.4 Å². The van der Waals surface area contributed by atoms with Crippen molar-refractivity contribution in [3.63, 3.8) is 0 Å². The Labute approximate surface area is 64.0 Å². The van der Waals surface area contributed by atoms with E-state index in [1.807, 2.05) is 0 Å². The molecule has 1 heteroatoms. The lowest BCUT2D eigenvalue weighted by Gasteiger charge is -2.05. The first-order chi connectivity index (χ1) is 4.83. The monoisotopic (exact) mass is 140 g/mol. The minimum absolute atomic E-state index is 0.221. The van der Waals surface area contributed by atoms with Gasteiger partial charge in [0.2, 0.25) is 0 Å². The van der Waals surface area contributed by atoms with Crippen molar-refractivity contribution < 1.29 is 0 Å². The predicted molar refractivity (Wildman–Crippen MR) is 43.8 cm³/mol. The van der Waals surface area contributed by atoms with Crippen LogP contribution in [0.5, 0.6) is 0 Å². The van der Waals surface area contributed by atoms with Crippen molar-refractivity contribution in [3.05, 3.63) is 0 Å². The van der Waals surface area contributed by atoms with Gasteiger partial charge in [-0.05, 0) is 18.8 Å². The van der Waals surface area contributed by atoms with E-state index < -0.39 is 0 Å². The zero-order chi connectivity index (χ0) is 7.40. The highest BCUT2D eigenvalue weighted by Crippen LogP contribution is 2.33. The number of hydrogen-bond donors (Lipinski definition) is 0. The summed E-state index contributed by atoms with van der Waals surface area (Å²) < 4.78 is 0. The molecule has 1 nitrogen and oxygen atoms in total. The van der Waals surface area contributed by atoms with Gasteiger partial charge < -0.3 is 0 Å². The second-order valence-electron chi connectivity index (χ2n) is 3.48. The molecule has 1 atom stereocenters. The standard InChI is InChI=1S/C9H18N/c1-2-9(10)5-3-4-8-6-7-8/h8-10H,2-7H2,1H3. The number of nitrogens with one attached hydrogen (secondary N) is 1. The summed E-state index contributed by atoms with van der Waals surface area (Å²) in [5, 5.41) is 0. The lowest BCUT2D eigenvalue weighted by atomic mass is 10.1. The Balaban J connectivity index is 1.83. The molecule has 1 rings (SSSR count). The average Bonchev–Trinajstić information content (AvgIpc) is 2.71. The Kier molecular flexibility index (Phi) is 3.20. The highest BCUT2D eigenvalue weighted by molar-refractivity contribution is 4.73. The first-order valence-electron chi connectivity index (χ1n) is 4.54. The van der Waals surface area contributed by atoms with Crippen LogP contribution in [0.2, 0.25) is 0 Å². The predicted octanol–water partition coefficient (Wildman–Crippen LogP) is 2.63. The molecule has 10 heavy (non-hydrogen) atoms. The van der Waals surface area contributed by atoms with Gasteiger partial charge in [0.15, 0.2) is 0 Å². The zero-order valence-electron chi connectivity index (χ0n) is 6.90. The molecule has 0 heterocycles. The summed E-state index contributed by atoms with van der Waals surface area (Å²) in [7, 11) is 0. The van der Waals surface area contributed by atoms with Crippen molar-refractivity contribution in [2.75, 3.05) is 0 Å². The third-order valence-corrected chi connectivity index (χ3v) is 2.35. The maximum atomic E-state index is 7.49. The van der Waals surface area contributed by atoms with Crippen LogP contribution in [0.25, 0.3) is 0 Å². The number of rotatable bonds is 5. The Bertz CT molecular complexity index is 86.7. The topological polar surface area (TPSA) is 23.8 Å². The SMILES string of the molecule is CCC([NH])CCCC1CC1. The third-order valence-electron chi connectivity index (χ3n) is 2.35. The molecule has 1 N–H and O–H groups in total. The molecule has 0 spiro atoms. The van der Waals surface area contributed by atoms with Crippen LogP contribution in [0.15, 0.2) is 0 Å². The summed E-state index contributed by atoms with van der Waals surface area (Å²) in [6, 6.07) is 0.221. The first kappa shape index (κ1) is 8.06. The summed E-state index contributed by atoms with van der Waals surface area (Å²) >= 11 is 0. The Morgan fingerprint density at radius 1 is 1.50 bits per heavy atom. The highest BCUT2D eigenvalue weighted by atomic mass is 14.6. The molecule has 1 aliphatic rings. The Hall–Kier alpha value is -0.0400. The molecule has 0 amide bonds. The molecule has 1 unspecified atom stereocenters. The fourth-order valence-corrected chi connectivity index (χ4v) is 1.26. The third kappa shape index (κ3) is 3.21. The second kappa shape index (κ2) is 3.97. The maximum Gasteiger partial charge on any atom is 0.0210 e. The molecule has 1 aliphatic carbocycles. The van der Waals surface area contributed by atoms with E-state index in [1.54, 1.807) is 0 Å². The van der Waals surface area contributed by atoms with Gasteiger partial charge >= 0.3 is 0 Å².